The minimum Gasteiger partial charge on any atom is -0.390 e. The summed E-state index contributed by atoms with van der Waals surface area (Å²) in [6, 6.07) is 16.8. The molecule has 0 saturated heterocycles. The number of carbonyl (C=O) groups is 1. The van der Waals surface area contributed by atoms with Crippen molar-refractivity contribution in [2.24, 2.45) is 0 Å². The lowest BCUT2D eigenvalue weighted by Crippen LogP contribution is -2.40. The molecule has 132 valence electrons. The number of benzene rings is 2. The van der Waals surface area contributed by atoms with Crippen LogP contribution in [-0.4, -0.2) is 27.0 Å². The van der Waals surface area contributed by atoms with Crippen molar-refractivity contribution >= 4 is 6.03 Å². The van der Waals surface area contributed by atoms with E-state index < -0.39 is 6.10 Å². The van der Waals surface area contributed by atoms with E-state index in [1.54, 1.807) is 10.9 Å². The molecule has 6 nitrogen and oxygen atoms in total. The average molecular weight is 348 g/mol. The largest absolute Gasteiger partial charge is 0.390 e. The Kier molecular flexibility index (Phi) is 4.41. The molecule has 3 aromatic rings. The van der Waals surface area contributed by atoms with Gasteiger partial charge in [-0.3, -0.25) is 0 Å². The van der Waals surface area contributed by atoms with Crippen LogP contribution in [0.2, 0.25) is 0 Å². The number of urea groups is 1. The Bertz CT molecular complexity index is 890. The smallest absolute Gasteiger partial charge is 0.315 e. The normalized spacial score (nSPS) is 18.3. The van der Waals surface area contributed by atoms with Crippen molar-refractivity contribution in [1.29, 1.82) is 0 Å². The number of hydrogen-bond acceptors (Lipinski definition) is 3. The van der Waals surface area contributed by atoms with Crippen LogP contribution >= 0.6 is 0 Å². The second kappa shape index (κ2) is 7.01. The van der Waals surface area contributed by atoms with Gasteiger partial charge in [0, 0.05) is 25.4 Å². The minimum absolute atomic E-state index is 0.290. The molecule has 1 heterocycles. The maximum atomic E-state index is 12.2. The molecule has 0 fully saturated rings. The summed E-state index contributed by atoms with van der Waals surface area (Å²) in [5, 5.41) is 20.1. The van der Waals surface area contributed by atoms with Crippen LogP contribution in [0.4, 0.5) is 4.79 Å². The van der Waals surface area contributed by atoms with E-state index in [2.05, 4.69) is 15.7 Å². The third-order valence-corrected chi connectivity index (χ3v) is 4.65. The molecule has 3 N–H and O–H groups in total. The number of rotatable bonds is 4. The molecular weight excluding hydrogens is 328 g/mol. The molecule has 2 aromatic carbocycles. The monoisotopic (exact) mass is 348 g/mol. The van der Waals surface area contributed by atoms with Gasteiger partial charge in [0.2, 0.25) is 0 Å². The summed E-state index contributed by atoms with van der Waals surface area (Å²) in [5.41, 5.74) is 4.02. The van der Waals surface area contributed by atoms with Crippen molar-refractivity contribution in [3.8, 4) is 5.69 Å². The van der Waals surface area contributed by atoms with Gasteiger partial charge in [-0.25, -0.2) is 9.48 Å². The lowest BCUT2D eigenvalue weighted by atomic mass is 10.1. The number of aliphatic hydroxyl groups is 1. The number of fused-ring (bicyclic) bond motifs is 1. The number of carbonyl (C=O) groups excluding carboxylic acids is 1. The van der Waals surface area contributed by atoms with Gasteiger partial charge in [0.25, 0.3) is 0 Å². The van der Waals surface area contributed by atoms with E-state index in [1.165, 1.54) is 0 Å². The van der Waals surface area contributed by atoms with Crippen molar-refractivity contribution in [1.82, 2.24) is 20.4 Å². The first kappa shape index (κ1) is 16.4. The first-order chi connectivity index (χ1) is 12.7. The Morgan fingerprint density at radius 3 is 2.73 bits per heavy atom. The van der Waals surface area contributed by atoms with E-state index >= 15 is 0 Å². The van der Waals surface area contributed by atoms with Gasteiger partial charge in [-0.1, -0.05) is 36.4 Å². The number of amides is 2. The number of aliphatic hydroxyl groups excluding tert-OH is 1. The van der Waals surface area contributed by atoms with Crippen LogP contribution in [0.15, 0.2) is 67.0 Å². The number of hydrogen-bond donors (Lipinski definition) is 3. The van der Waals surface area contributed by atoms with E-state index in [-0.39, 0.29) is 12.1 Å². The first-order valence-electron chi connectivity index (χ1n) is 8.60. The van der Waals surface area contributed by atoms with Crippen molar-refractivity contribution in [3.05, 3.63) is 83.7 Å². The number of nitrogens with zero attached hydrogens (tertiary/aromatic N) is 2. The van der Waals surface area contributed by atoms with Gasteiger partial charge in [-0.05, 0) is 34.9 Å². The minimum atomic E-state index is -0.591. The average Bonchev–Trinajstić information content (AvgIpc) is 3.29. The SMILES string of the molecule is O=C(NCc1ccc(-n2cccn2)cc1)NC1c2ccccc2CC1O. The molecule has 0 aliphatic heterocycles. The van der Waals surface area contributed by atoms with Gasteiger partial charge < -0.3 is 15.7 Å². The lowest BCUT2D eigenvalue weighted by molar-refractivity contribution is 0.142. The third kappa shape index (κ3) is 3.32. The van der Waals surface area contributed by atoms with Crippen molar-refractivity contribution in [3.63, 3.8) is 0 Å². The van der Waals surface area contributed by atoms with Crippen LogP contribution in [0.3, 0.4) is 0 Å². The molecule has 0 spiro atoms. The van der Waals surface area contributed by atoms with Crippen LogP contribution in [-0.2, 0) is 13.0 Å². The summed E-state index contributed by atoms with van der Waals surface area (Å²) >= 11 is 0. The lowest BCUT2D eigenvalue weighted by Gasteiger charge is -2.18. The summed E-state index contributed by atoms with van der Waals surface area (Å²) in [6.45, 7) is 0.412. The Morgan fingerprint density at radius 1 is 1.15 bits per heavy atom. The standard InChI is InChI=1S/C20H20N4O2/c25-18-12-15-4-1-2-5-17(15)19(18)23-20(26)21-13-14-6-8-16(9-7-14)24-11-3-10-22-24/h1-11,18-19,25H,12-13H2,(H2,21,23,26). The summed E-state index contributed by atoms with van der Waals surface area (Å²) < 4.78 is 1.78. The highest BCUT2D eigenvalue weighted by molar-refractivity contribution is 5.74. The molecule has 1 aliphatic carbocycles. The van der Waals surface area contributed by atoms with Crippen LogP contribution in [0, 0.1) is 0 Å². The van der Waals surface area contributed by atoms with Gasteiger partial charge in [0.05, 0.1) is 17.8 Å². The molecule has 26 heavy (non-hydrogen) atoms. The molecule has 2 unspecified atom stereocenters. The highest BCUT2D eigenvalue weighted by atomic mass is 16.3. The molecule has 1 aliphatic rings. The Balaban J connectivity index is 1.34. The summed E-state index contributed by atoms with van der Waals surface area (Å²) in [4.78, 5) is 12.2. The van der Waals surface area contributed by atoms with Gasteiger partial charge in [-0.2, -0.15) is 5.10 Å². The Morgan fingerprint density at radius 2 is 1.96 bits per heavy atom. The van der Waals surface area contributed by atoms with Gasteiger partial charge in [0.1, 0.15) is 0 Å². The maximum absolute atomic E-state index is 12.2. The van der Waals surface area contributed by atoms with E-state index in [9.17, 15) is 9.90 Å². The maximum Gasteiger partial charge on any atom is 0.315 e. The van der Waals surface area contributed by atoms with Gasteiger partial charge in [-0.15, -0.1) is 0 Å². The number of aromatic nitrogens is 2. The molecule has 1 aromatic heterocycles. The predicted octanol–water partition coefficient (Wildman–Crippen LogP) is 2.33. The number of nitrogens with one attached hydrogen (secondary N) is 2. The quantitative estimate of drug-likeness (QED) is 0.677. The van der Waals surface area contributed by atoms with Gasteiger partial charge in [0.15, 0.2) is 0 Å². The summed E-state index contributed by atoms with van der Waals surface area (Å²) in [6.07, 6.45) is 3.59. The van der Waals surface area contributed by atoms with E-state index in [0.29, 0.717) is 13.0 Å². The highest BCUT2D eigenvalue weighted by Crippen LogP contribution is 2.31. The zero-order valence-electron chi connectivity index (χ0n) is 14.2. The van der Waals surface area contributed by atoms with E-state index in [4.69, 9.17) is 0 Å². The summed E-state index contributed by atoms with van der Waals surface area (Å²) in [5.74, 6) is 0. The fourth-order valence-electron chi connectivity index (χ4n) is 3.31. The van der Waals surface area contributed by atoms with Crippen LogP contribution in [0.25, 0.3) is 5.69 Å². The van der Waals surface area contributed by atoms with E-state index in [0.717, 1.165) is 22.4 Å². The zero-order valence-corrected chi connectivity index (χ0v) is 14.2. The molecule has 6 heteroatoms. The highest BCUT2D eigenvalue weighted by Gasteiger charge is 2.31. The molecule has 0 bridgehead atoms. The fraction of sp³-hybridized carbons (Fsp3) is 0.200. The summed E-state index contributed by atoms with van der Waals surface area (Å²) in [7, 11) is 0. The van der Waals surface area contributed by atoms with Crippen LogP contribution in [0.5, 0.6) is 0 Å². The van der Waals surface area contributed by atoms with Gasteiger partial charge >= 0.3 is 6.03 Å². The van der Waals surface area contributed by atoms with Crippen molar-refractivity contribution in [2.45, 2.75) is 25.1 Å². The molecule has 2 atom stereocenters. The van der Waals surface area contributed by atoms with Crippen LogP contribution < -0.4 is 10.6 Å². The molecule has 0 saturated carbocycles. The van der Waals surface area contributed by atoms with Crippen molar-refractivity contribution < 1.29 is 9.90 Å². The van der Waals surface area contributed by atoms with Crippen LogP contribution in [0.1, 0.15) is 22.7 Å². The first-order valence-corrected chi connectivity index (χ1v) is 8.60. The van der Waals surface area contributed by atoms with E-state index in [1.807, 2.05) is 60.8 Å². The fourth-order valence-corrected chi connectivity index (χ4v) is 3.31. The molecule has 2 amide bonds. The van der Waals surface area contributed by atoms with Crippen molar-refractivity contribution in [2.75, 3.05) is 0 Å². The molecule has 4 rings (SSSR count). The third-order valence-electron chi connectivity index (χ3n) is 4.65. The molecule has 0 radical (unpaired) electrons. The Hall–Kier alpha value is -3.12. The zero-order chi connectivity index (χ0) is 17.9. The second-order valence-corrected chi connectivity index (χ2v) is 6.39. The Labute approximate surface area is 151 Å². The molecular formula is C20H20N4O2. The topological polar surface area (TPSA) is 79.2 Å². The predicted molar refractivity (Wildman–Crippen MR) is 97.8 cm³/mol. The second-order valence-electron chi connectivity index (χ2n) is 6.39.